The first kappa shape index (κ1) is 11.5. The summed E-state index contributed by atoms with van der Waals surface area (Å²) in [5.74, 6) is -0.998. The fourth-order valence-corrected chi connectivity index (χ4v) is 2.74. The van der Waals surface area contributed by atoms with E-state index in [0.29, 0.717) is 6.42 Å². The Kier molecular flexibility index (Phi) is 2.98. The molecule has 1 aliphatic carbocycles. The number of rotatable bonds is 2. The van der Waals surface area contributed by atoms with E-state index < -0.39 is 11.6 Å². The lowest BCUT2D eigenvalue weighted by molar-refractivity contribution is 0.328. The molecule has 0 amide bonds. The van der Waals surface area contributed by atoms with Crippen LogP contribution < -0.4 is 5.73 Å². The molecule has 1 aromatic carbocycles. The lowest BCUT2D eigenvalue weighted by Gasteiger charge is -2.23. The van der Waals surface area contributed by atoms with Gasteiger partial charge < -0.3 is 5.73 Å². The van der Waals surface area contributed by atoms with Gasteiger partial charge in [-0.1, -0.05) is 6.92 Å². The summed E-state index contributed by atoms with van der Waals surface area (Å²) >= 11 is 0. The summed E-state index contributed by atoms with van der Waals surface area (Å²) in [5, 5.41) is 0. The molecule has 0 heterocycles. The minimum absolute atomic E-state index is 0.0969. The Hall–Kier alpha value is -0.960. The van der Waals surface area contributed by atoms with Crippen molar-refractivity contribution in [1.82, 2.24) is 0 Å². The normalized spacial score (nSPS) is 29.6. The zero-order valence-electron chi connectivity index (χ0n) is 9.47. The second-order valence-electron chi connectivity index (χ2n) is 5.27. The molecule has 2 unspecified atom stereocenters. The van der Waals surface area contributed by atoms with E-state index in [0.717, 1.165) is 30.9 Å². The molecule has 3 heteroatoms. The second-order valence-corrected chi connectivity index (χ2v) is 5.27. The zero-order chi connectivity index (χ0) is 11.8. The van der Waals surface area contributed by atoms with Gasteiger partial charge in [0, 0.05) is 12.1 Å². The van der Waals surface area contributed by atoms with E-state index >= 15 is 0 Å². The summed E-state index contributed by atoms with van der Waals surface area (Å²) in [6.07, 6.45) is 3.68. The average molecular weight is 225 g/mol. The molecular weight excluding hydrogens is 208 g/mol. The highest BCUT2D eigenvalue weighted by atomic mass is 19.1. The summed E-state index contributed by atoms with van der Waals surface area (Å²) in [7, 11) is 0. The summed E-state index contributed by atoms with van der Waals surface area (Å²) in [6.45, 7) is 2.14. The zero-order valence-corrected chi connectivity index (χ0v) is 9.47. The van der Waals surface area contributed by atoms with E-state index in [9.17, 15) is 8.78 Å². The second kappa shape index (κ2) is 4.13. The highest BCUT2D eigenvalue weighted by Crippen LogP contribution is 2.39. The molecular formula is C13H17F2N. The van der Waals surface area contributed by atoms with Gasteiger partial charge in [-0.3, -0.25) is 0 Å². The van der Waals surface area contributed by atoms with E-state index in [1.54, 1.807) is 0 Å². The van der Waals surface area contributed by atoms with E-state index in [1.807, 2.05) is 0 Å². The van der Waals surface area contributed by atoms with Gasteiger partial charge in [0.05, 0.1) is 0 Å². The van der Waals surface area contributed by atoms with Gasteiger partial charge in [-0.2, -0.15) is 0 Å². The molecule has 1 aliphatic rings. The van der Waals surface area contributed by atoms with Crippen LogP contribution in [0.25, 0.3) is 0 Å². The third-order valence-corrected chi connectivity index (χ3v) is 3.43. The van der Waals surface area contributed by atoms with Crippen LogP contribution in [0.15, 0.2) is 18.2 Å². The monoisotopic (exact) mass is 225 g/mol. The third-order valence-electron chi connectivity index (χ3n) is 3.43. The van der Waals surface area contributed by atoms with Crippen molar-refractivity contribution < 1.29 is 8.78 Å². The molecule has 2 atom stereocenters. The maximum atomic E-state index is 13.0. The maximum absolute atomic E-state index is 13.0. The molecule has 1 fully saturated rings. The van der Waals surface area contributed by atoms with Gasteiger partial charge in [0.2, 0.25) is 0 Å². The molecule has 1 nitrogen and oxygen atoms in total. The quantitative estimate of drug-likeness (QED) is 0.822. The minimum Gasteiger partial charge on any atom is -0.328 e. The number of nitrogens with two attached hydrogens (primary N) is 1. The Morgan fingerprint density at radius 2 is 1.94 bits per heavy atom. The van der Waals surface area contributed by atoms with Crippen LogP contribution in [-0.2, 0) is 6.42 Å². The number of benzene rings is 1. The van der Waals surface area contributed by atoms with E-state index in [1.165, 1.54) is 12.1 Å². The summed E-state index contributed by atoms with van der Waals surface area (Å²) < 4.78 is 26.1. The fraction of sp³-hybridized carbons (Fsp3) is 0.538. The fourth-order valence-electron chi connectivity index (χ4n) is 2.74. The minimum atomic E-state index is -0.499. The number of halogens is 2. The Labute approximate surface area is 94.7 Å². The average Bonchev–Trinajstić information content (AvgIpc) is 2.43. The standard InChI is InChI=1S/C13H17F2N/c1-13(3-2-12(16)8-13)7-9-4-10(14)6-11(15)5-9/h4-6,12H,2-3,7-8,16H2,1H3. The van der Waals surface area contributed by atoms with Gasteiger partial charge in [-0.15, -0.1) is 0 Å². The molecule has 0 radical (unpaired) electrons. The van der Waals surface area contributed by atoms with E-state index in [4.69, 9.17) is 5.73 Å². The van der Waals surface area contributed by atoms with Crippen molar-refractivity contribution in [2.24, 2.45) is 11.1 Å². The topological polar surface area (TPSA) is 26.0 Å². The Morgan fingerprint density at radius 3 is 2.44 bits per heavy atom. The van der Waals surface area contributed by atoms with Crippen molar-refractivity contribution in [2.75, 3.05) is 0 Å². The van der Waals surface area contributed by atoms with Crippen LogP contribution in [-0.4, -0.2) is 6.04 Å². The van der Waals surface area contributed by atoms with Gasteiger partial charge in [-0.25, -0.2) is 8.78 Å². The van der Waals surface area contributed by atoms with Crippen LogP contribution >= 0.6 is 0 Å². The summed E-state index contributed by atoms with van der Waals surface area (Å²) in [6, 6.07) is 3.98. The molecule has 0 spiro atoms. The van der Waals surface area contributed by atoms with Crippen molar-refractivity contribution in [3.05, 3.63) is 35.4 Å². The molecule has 0 aromatic heterocycles. The SMILES string of the molecule is CC1(Cc2cc(F)cc(F)c2)CCC(N)C1. The molecule has 0 aliphatic heterocycles. The van der Waals surface area contributed by atoms with Crippen molar-refractivity contribution in [3.63, 3.8) is 0 Å². The predicted octanol–water partition coefficient (Wildman–Crippen LogP) is 3.02. The molecule has 16 heavy (non-hydrogen) atoms. The van der Waals surface area contributed by atoms with Crippen LogP contribution in [0.4, 0.5) is 8.78 Å². The van der Waals surface area contributed by atoms with Crippen molar-refractivity contribution in [2.45, 2.75) is 38.6 Å². The van der Waals surface area contributed by atoms with Gasteiger partial charge >= 0.3 is 0 Å². The van der Waals surface area contributed by atoms with Gasteiger partial charge in [0.25, 0.3) is 0 Å². The number of hydrogen-bond acceptors (Lipinski definition) is 1. The van der Waals surface area contributed by atoms with Crippen LogP contribution in [0.2, 0.25) is 0 Å². The van der Waals surface area contributed by atoms with Crippen molar-refractivity contribution in [1.29, 1.82) is 0 Å². The van der Waals surface area contributed by atoms with E-state index in [2.05, 4.69) is 6.92 Å². The van der Waals surface area contributed by atoms with Crippen molar-refractivity contribution >= 4 is 0 Å². The molecule has 0 bridgehead atoms. The summed E-state index contributed by atoms with van der Waals surface area (Å²) in [5.41, 5.74) is 6.70. The first-order chi connectivity index (χ1) is 7.47. The Morgan fingerprint density at radius 1 is 1.31 bits per heavy atom. The van der Waals surface area contributed by atoms with Gasteiger partial charge in [0.1, 0.15) is 11.6 Å². The Bertz CT molecular complexity index is 371. The molecule has 1 aromatic rings. The highest BCUT2D eigenvalue weighted by Gasteiger charge is 2.33. The molecule has 0 saturated heterocycles. The molecule has 88 valence electrons. The Balaban J connectivity index is 2.14. The van der Waals surface area contributed by atoms with Crippen LogP contribution in [0, 0.1) is 17.0 Å². The van der Waals surface area contributed by atoms with Crippen LogP contribution in [0.5, 0.6) is 0 Å². The van der Waals surface area contributed by atoms with Crippen LogP contribution in [0.3, 0.4) is 0 Å². The van der Waals surface area contributed by atoms with E-state index in [-0.39, 0.29) is 11.5 Å². The lowest BCUT2D eigenvalue weighted by Crippen LogP contribution is -2.21. The van der Waals surface area contributed by atoms with Gasteiger partial charge in [0.15, 0.2) is 0 Å². The predicted molar refractivity (Wildman–Crippen MR) is 60.0 cm³/mol. The van der Waals surface area contributed by atoms with Crippen molar-refractivity contribution in [3.8, 4) is 0 Å². The molecule has 2 rings (SSSR count). The van der Waals surface area contributed by atoms with Gasteiger partial charge in [-0.05, 0) is 48.8 Å². The number of hydrogen-bond donors (Lipinski definition) is 1. The smallest absolute Gasteiger partial charge is 0.126 e. The third kappa shape index (κ3) is 2.59. The first-order valence-electron chi connectivity index (χ1n) is 5.67. The largest absolute Gasteiger partial charge is 0.328 e. The summed E-state index contributed by atoms with van der Waals surface area (Å²) in [4.78, 5) is 0. The molecule has 2 N–H and O–H groups in total. The maximum Gasteiger partial charge on any atom is 0.126 e. The highest BCUT2D eigenvalue weighted by molar-refractivity contribution is 5.19. The lowest BCUT2D eigenvalue weighted by atomic mass is 9.82. The molecule has 1 saturated carbocycles. The van der Waals surface area contributed by atoms with Crippen LogP contribution in [0.1, 0.15) is 31.7 Å². The first-order valence-corrected chi connectivity index (χ1v) is 5.67.